The number of ether oxygens (including phenoxy) is 1. The molecule has 0 atom stereocenters. The van der Waals surface area contributed by atoms with E-state index in [4.69, 9.17) is 11.6 Å². The van der Waals surface area contributed by atoms with E-state index in [9.17, 15) is 26.3 Å². The molecule has 4 aromatic rings. The maximum absolute atomic E-state index is 15.1. The molecule has 0 aliphatic carbocycles. The minimum Gasteiger partial charge on any atom is -0.429 e. The van der Waals surface area contributed by atoms with Crippen molar-refractivity contribution in [2.45, 2.75) is 25.9 Å². The number of hydrogen-bond donors (Lipinski definition) is 0. The standard InChI is InChI=1S/C28H18ClF7O/c1-2-3-15-4-6-16(7-5-15)17-8-9-19(22(30)12-17)20-10-11-21(25(29)26(20)33)28(35,36)37-18-13-23(31)27(34)24(32)14-18/h4-14H,2-3H2,1H3. The molecule has 9 heteroatoms. The summed E-state index contributed by atoms with van der Waals surface area (Å²) in [5.41, 5.74) is 0.631. The molecule has 0 spiro atoms. The second-order valence-electron chi connectivity index (χ2n) is 8.25. The van der Waals surface area contributed by atoms with Crippen molar-refractivity contribution in [2.75, 3.05) is 0 Å². The molecule has 4 aromatic carbocycles. The lowest BCUT2D eigenvalue weighted by atomic mass is 9.97. The second-order valence-corrected chi connectivity index (χ2v) is 8.63. The Labute approximate surface area is 213 Å². The quantitative estimate of drug-likeness (QED) is 0.168. The molecule has 0 radical (unpaired) electrons. The first-order valence-electron chi connectivity index (χ1n) is 11.1. The molecular formula is C28H18ClF7O. The van der Waals surface area contributed by atoms with E-state index in [1.54, 1.807) is 6.07 Å². The fraction of sp³-hybridized carbons (Fsp3) is 0.143. The van der Waals surface area contributed by atoms with Crippen molar-refractivity contribution in [1.29, 1.82) is 0 Å². The van der Waals surface area contributed by atoms with Crippen molar-refractivity contribution >= 4 is 11.6 Å². The SMILES string of the molecule is CCCc1ccc(-c2ccc(-c3ccc(C(F)(F)Oc4cc(F)c(F)c(F)c4)c(Cl)c3F)c(F)c2)cc1. The van der Waals surface area contributed by atoms with Crippen molar-refractivity contribution < 1.29 is 35.5 Å². The third-order valence-electron chi connectivity index (χ3n) is 5.68. The number of hydrogen-bond acceptors (Lipinski definition) is 1. The molecular weight excluding hydrogens is 521 g/mol. The third-order valence-corrected chi connectivity index (χ3v) is 6.05. The summed E-state index contributed by atoms with van der Waals surface area (Å²) in [6.45, 7) is 2.06. The minimum absolute atomic E-state index is 0.208. The number of aryl methyl sites for hydroxylation is 1. The lowest BCUT2D eigenvalue weighted by molar-refractivity contribution is -0.185. The van der Waals surface area contributed by atoms with Crippen LogP contribution < -0.4 is 4.74 Å². The molecule has 0 aliphatic rings. The van der Waals surface area contributed by atoms with Crippen LogP contribution in [-0.4, -0.2) is 0 Å². The topological polar surface area (TPSA) is 9.23 Å². The molecule has 37 heavy (non-hydrogen) atoms. The van der Waals surface area contributed by atoms with Gasteiger partial charge < -0.3 is 4.74 Å². The predicted octanol–water partition coefficient (Wildman–Crippen LogP) is 9.45. The Hall–Kier alpha value is -3.52. The normalized spacial score (nSPS) is 11.6. The van der Waals surface area contributed by atoms with Gasteiger partial charge in [0, 0.05) is 23.3 Å². The number of halogens is 8. The van der Waals surface area contributed by atoms with Gasteiger partial charge in [-0.2, -0.15) is 8.78 Å². The number of benzene rings is 4. The van der Waals surface area contributed by atoms with Crippen LogP contribution in [0.1, 0.15) is 24.5 Å². The average Bonchev–Trinajstić information content (AvgIpc) is 2.84. The summed E-state index contributed by atoms with van der Waals surface area (Å²) in [5, 5.41) is -1.08. The van der Waals surface area contributed by atoms with E-state index in [0.717, 1.165) is 30.0 Å². The highest BCUT2D eigenvalue weighted by atomic mass is 35.5. The zero-order valence-electron chi connectivity index (χ0n) is 19.2. The second kappa shape index (κ2) is 10.5. The van der Waals surface area contributed by atoms with E-state index < -0.39 is 51.5 Å². The molecule has 0 bridgehead atoms. The van der Waals surface area contributed by atoms with Crippen molar-refractivity contribution in [1.82, 2.24) is 0 Å². The number of rotatable bonds is 7. The van der Waals surface area contributed by atoms with Crippen molar-refractivity contribution in [3.05, 3.63) is 112 Å². The fourth-order valence-corrected chi connectivity index (χ4v) is 4.12. The summed E-state index contributed by atoms with van der Waals surface area (Å²) >= 11 is 5.84. The van der Waals surface area contributed by atoms with Crippen LogP contribution in [-0.2, 0) is 12.5 Å². The summed E-state index contributed by atoms with van der Waals surface area (Å²) in [5.74, 6) is -8.59. The molecule has 0 amide bonds. The molecule has 0 saturated carbocycles. The van der Waals surface area contributed by atoms with Gasteiger partial charge in [-0.15, -0.1) is 0 Å². The number of alkyl halides is 2. The first kappa shape index (κ1) is 26.5. The summed E-state index contributed by atoms with van der Waals surface area (Å²) in [6.07, 6.45) is -2.47. The van der Waals surface area contributed by atoms with E-state index in [-0.39, 0.29) is 23.3 Å². The highest BCUT2D eigenvalue weighted by Gasteiger charge is 2.39. The zero-order chi connectivity index (χ0) is 26.9. The van der Waals surface area contributed by atoms with Crippen LogP contribution in [0.2, 0.25) is 5.02 Å². The lowest BCUT2D eigenvalue weighted by Crippen LogP contribution is -2.23. The van der Waals surface area contributed by atoms with E-state index in [0.29, 0.717) is 11.6 Å². The third kappa shape index (κ3) is 5.44. The Balaban J connectivity index is 1.64. The zero-order valence-corrected chi connectivity index (χ0v) is 20.0. The Bertz CT molecular complexity index is 1430. The van der Waals surface area contributed by atoms with Gasteiger partial charge in [-0.05, 0) is 35.2 Å². The van der Waals surface area contributed by atoms with Crippen molar-refractivity contribution in [3.63, 3.8) is 0 Å². The maximum atomic E-state index is 15.1. The molecule has 0 aromatic heterocycles. The van der Waals surface area contributed by atoms with Crippen molar-refractivity contribution in [3.8, 4) is 28.0 Å². The first-order valence-corrected chi connectivity index (χ1v) is 11.5. The van der Waals surface area contributed by atoms with Gasteiger partial charge >= 0.3 is 6.11 Å². The van der Waals surface area contributed by atoms with E-state index in [1.165, 1.54) is 12.1 Å². The van der Waals surface area contributed by atoms with Gasteiger partial charge in [-0.3, -0.25) is 0 Å². The van der Waals surface area contributed by atoms with Gasteiger partial charge in [0.2, 0.25) is 0 Å². The molecule has 0 heterocycles. The van der Waals surface area contributed by atoms with Crippen LogP contribution >= 0.6 is 11.6 Å². The Morgan fingerprint density at radius 3 is 1.89 bits per heavy atom. The molecule has 4 rings (SSSR count). The fourth-order valence-electron chi connectivity index (χ4n) is 3.84. The van der Waals surface area contributed by atoms with Gasteiger partial charge in [-0.25, -0.2) is 22.0 Å². The summed E-state index contributed by atoms with van der Waals surface area (Å²) in [6, 6.07) is 13.6. The molecule has 0 N–H and O–H groups in total. The molecule has 0 saturated heterocycles. The Morgan fingerprint density at radius 2 is 1.30 bits per heavy atom. The van der Waals surface area contributed by atoms with Crippen LogP contribution in [0, 0.1) is 29.1 Å². The minimum atomic E-state index is -4.36. The van der Waals surface area contributed by atoms with Crippen LogP contribution in [0.25, 0.3) is 22.3 Å². The van der Waals surface area contributed by atoms with Gasteiger partial charge in [-0.1, -0.05) is 67.4 Å². The van der Waals surface area contributed by atoms with E-state index in [1.807, 2.05) is 24.3 Å². The summed E-state index contributed by atoms with van der Waals surface area (Å²) in [4.78, 5) is 0. The highest BCUT2D eigenvalue weighted by molar-refractivity contribution is 6.32. The van der Waals surface area contributed by atoms with E-state index in [2.05, 4.69) is 11.7 Å². The first-order chi connectivity index (χ1) is 17.5. The van der Waals surface area contributed by atoms with Crippen LogP contribution in [0.4, 0.5) is 30.7 Å². The largest absolute Gasteiger partial charge is 0.429 e. The van der Waals surface area contributed by atoms with Crippen LogP contribution in [0.5, 0.6) is 5.75 Å². The monoisotopic (exact) mass is 538 g/mol. The lowest BCUT2D eigenvalue weighted by Gasteiger charge is -2.20. The molecule has 0 aliphatic heterocycles. The van der Waals surface area contributed by atoms with Crippen LogP contribution in [0.3, 0.4) is 0 Å². The van der Waals surface area contributed by atoms with Gasteiger partial charge in [0.1, 0.15) is 17.4 Å². The molecule has 1 nitrogen and oxygen atoms in total. The van der Waals surface area contributed by atoms with Gasteiger partial charge in [0.05, 0.1) is 10.6 Å². The van der Waals surface area contributed by atoms with Crippen LogP contribution in [0.15, 0.2) is 66.7 Å². The smallest absolute Gasteiger partial charge is 0.428 e. The average molecular weight is 539 g/mol. The van der Waals surface area contributed by atoms with E-state index >= 15 is 4.39 Å². The highest BCUT2D eigenvalue weighted by Crippen LogP contribution is 2.41. The summed E-state index contributed by atoms with van der Waals surface area (Å²) in [7, 11) is 0. The van der Waals surface area contributed by atoms with Crippen molar-refractivity contribution in [2.24, 2.45) is 0 Å². The molecule has 192 valence electrons. The summed E-state index contributed by atoms with van der Waals surface area (Å²) < 4.78 is 104. The molecule has 0 fully saturated rings. The Morgan fingerprint density at radius 1 is 0.703 bits per heavy atom. The Kier molecular flexibility index (Phi) is 7.50. The maximum Gasteiger partial charge on any atom is 0.428 e. The predicted molar refractivity (Wildman–Crippen MR) is 127 cm³/mol. The molecule has 0 unspecified atom stereocenters. The van der Waals surface area contributed by atoms with Gasteiger partial charge in [0.25, 0.3) is 0 Å². The van der Waals surface area contributed by atoms with Gasteiger partial charge in [0.15, 0.2) is 17.5 Å².